The highest BCUT2D eigenvalue weighted by atomic mass is 19.1. The zero-order valence-corrected chi connectivity index (χ0v) is 42.3. The topological polar surface area (TPSA) is 265 Å². The van der Waals surface area contributed by atoms with Crippen LogP contribution in [-0.2, 0) is 41.9 Å². The van der Waals surface area contributed by atoms with Crippen molar-refractivity contribution in [2.75, 3.05) is 39.5 Å². The van der Waals surface area contributed by atoms with E-state index in [1.54, 1.807) is 62.6 Å². The van der Waals surface area contributed by atoms with Crippen LogP contribution < -0.4 is 48.3 Å². The van der Waals surface area contributed by atoms with Crippen LogP contribution in [0.25, 0.3) is 0 Å². The SMILES string of the molecule is CNCC(=O)N[C@H](C(=O)N1C[C@@H](NC(=O)c2cc(N)cc(C(=O)N[C@H]3C[C@@H](C(=O)NCc4ccc(F)cc4)N(C(=O)[C@@H](NC(=O)[C@H](C)NC)C(C)(C)C)C3)c2)C[C@H]1C(=O)NCc1ccc(F)cc1)C(C)(C)C. The van der Waals surface area contributed by atoms with E-state index in [1.807, 2.05) is 0 Å². The summed E-state index contributed by atoms with van der Waals surface area (Å²) in [5.41, 5.74) is 5.90. The van der Waals surface area contributed by atoms with Gasteiger partial charge < -0.3 is 58.1 Å². The molecule has 3 aromatic carbocycles. The number of rotatable bonds is 18. The van der Waals surface area contributed by atoms with Crippen molar-refractivity contribution in [1.29, 1.82) is 0 Å². The molecule has 19 nitrogen and oxygen atoms in total. The molecule has 390 valence electrons. The van der Waals surface area contributed by atoms with E-state index in [0.29, 0.717) is 11.1 Å². The number of amides is 8. The molecule has 2 fully saturated rings. The number of halogens is 2. The van der Waals surface area contributed by atoms with Crippen LogP contribution >= 0.6 is 0 Å². The predicted octanol–water partition coefficient (Wildman–Crippen LogP) is 1.47. The number of nitrogens with two attached hydrogens (primary N) is 1. The van der Waals surface area contributed by atoms with Crippen LogP contribution in [0.5, 0.6) is 0 Å². The molecule has 3 aromatic rings. The van der Waals surface area contributed by atoms with Crippen molar-refractivity contribution in [2.45, 2.75) is 117 Å². The lowest BCUT2D eigenvalue weighted by Gasteiger charge is -2.36. The van der Waals surface area contributed by atoms with Crippen molar-refractivity contribution in [1.82, 2.24) is 52.3 Å². The molecule has 0 saturated carbocycles. The monoisotopic (exact) mass is 1000 g/mol. The second kappa shape index (κ2) is 23.9. The Bertz CT molecular complexity index is 2480. The van der Waals surface area contributed by atoms with Crippen molar-refractivity contribution >= 4 is 52.9 Å². The summed E-state index contributed by atoms with van der Waals surface area (Å²) in [6.45, 7) is 12.0. The van der Waals surface area contributed by atoms with Crippen molar-refractivity contribution in [3.63, 3.8) is 0 Å². The molecule has 7 atom stereocenters. The molecular weight excluding hydrogens is 933 g/mol. The number of likely N-dealkylation sites (tertiary alicyclic amines) is 2. The van der Waals surface area contributed by atoms with Crippen LogP contribution in [0.15, 0.2) is 66.7 Å². The third-order valence-corrected chi connectivity index (χ3v) is 12.7. The average molecular weight is 1000 g/mol. The number of likely N-dealkylation sites (N-methyl/N-ethyl adjacent to an activating group) is 2. The number of nitrogens with one attached hydrogen (secondary N) is 8. The number of anilines is 1. The normalized spacial score (nSPS) is 19.1. The molecule has 21 heteroatoms. The first-order valence-electron chi connectivity index (χ1n) is 23.9. The third-order valence-electron chi connectivity index (χ3n) is 12.7. The maximum absolute atomic E-state index is 14.5. The maximum Gasteiger partial charge on any atom is 0.251 e. The third kappa shape index (κ3) is 14.8. The second-order valence-corrected chi connectivity index (χ2v) is 20.6. The maximum atomic E-state index is 14.5. The smallest absolute Gasteiger partial charge is 0.251 e. The van der Waals surface area contributed by atoms with Gasteiger partial charge in [-0.2, -0.15) is 0 Å². The van der Waals surface area contributed by atoms with Crippen LogP contribution in [0.1, 0.15) is 93.2 Å². The first-order valence-corrected chi connectivity index (χ1v) is 23.9. The largest absolute Gasteiger partial charge is 0.399 e. The van der Waals surface area contributed by atoms with Gasteiger partial charge in [-0.25, -0.2) is 8.78 Å². The van der Waals surface area contributed by atoms with Gasteiger partial charge in [0.25, 0.3) is 11.8 Å². The van der Waals surface area contributed by atoms with E-state index in [4.69, 9.17) is 5.73 Å². The number of hydrogen-bond donors (Lipinski definition) is 9. The molecular formula is C51H69F2N11O8. The van der Waals surface area contributed by atoms with E-state index >= 15 is 0 Å². The fraction of sp³-hybridized carbons (Fsp3) is 0.490. The average Bonchev–Trinajstić information content (AvgIpc) is 3.95. The summed E-state index contributed by atoms with van der Waals surface area (Å²) in [5.74, 6) is -5.29. The molecule has 2 aliphatic rings. The quantitative estimate of drug-likeness (QED) is 0.0825. The number of hydrogen-bond acceptors (Lipinski definition) is 11. The van der Waals surface area contributed by atoms with Gasteiger partial charge in [0.1, 0.15) is 35.8 Å². The fourth-order valence-electron chi connectivity index (χ4n) is 8.54. The van der Waals surface area contributed by atoms with Gasteiger partial charge in [-0.3, -0.25) is 38.4 Å². The molecule has 2 saturated heterocycles. The summed E-state index contributed by atoms with van der Waals surface area (Å²) < 4.78 is 27.2. The first kappa shape index (κ1) is 55.9. The van der Waals surface area contributed by atoms with Gasteiger partial charge in [-0.15, -0.1) is 0 Å². The van der Waals surface area contributed by atoms with Crippen LogP contribution in [-0.4, -0.2) is 133 Å². The number of carbonyl (C=O) groups excluding carboxylic acids is 8. The molecule has 10 N–H and O–H groups in total. The van der Waals surface area contributed by atoms with Gasteiger partial charge in [-0.1, -0.05) is 65.8 Å². The van der Waals surface area contributed by atoms with E-state index in [9.17, 15) is 47.1 Å². The lowest BCUT2D eigenvalue weighted by atomic mass is 9.85. The minimum atomic E-state index is -1.09. The number of carbonyl (C=O) groups is 8. The Morgan fingerprint density at radius 3 is 1.42 bits per heavy atom. The summed E-state index contributed by atoms with van der Waals surface area (Å²) in [4.78, 5) is 113. The van der Waals surface area contributed by atoms with Gasteiger partial charge in [0, 0.05) is 55.1 Å². The van der Waals surface area contributed by atoms with E-state index in [1.165, 1.54) is 76.5 Å². The van der Waals surface area contributed by atoms with Crippen LogP contribution in [0, 0.1) is 22.5 Å². The standard InChI is InChI=1S/C51H69F2N11O8/c1-28(56-9)43(66)62-42(51(5,6)7)49(72)64-27-37(22-39(64)47(70)58-24-30-12-16-34(53)17-13-30)60-45(68)32-18-31(19-35(54)20-32)44(67)59-36-21-38(46(69)57-23-29-10-14-33(52)15-11-29)63(26-36)48(71)41(50(2,3)4)61-40(65)25-55-8/h10-20,28,36-39,41-42,55-56H,21-27,54H2,1-9H3,(H,57,69)(H,58,70)(H,59,67)(H,60,68)(H,61,65)(H,62,66)/t28-,36-,37-,38-,39-,41+,42+/m0/s1. The van der Waals surface area contributed by atoms with Crippen molar-refractivity contribution < 1.29 is 47.1 Å². The number of benzene rings is 3. The van der Waals surface area contributed by atoms with Crippen molar-refractivity contribution in [2.24, 2.45) is 10.8 Å². The highest BCUT2D eigenvalue weighted by Gasteiger charge is 2.47. The van der Waals surface area contributed by atoms with E-state index in [-0.39, 0.29) is 62.4 Å². The molecule has 0 aromatic heterocycles. The zero-order valence-electron chi connectivity index (χ0n) is 42.3. The molecule has 0 unspecified atom stereocenters. The summed E-state index contributed by atoms with van der Waals surface area (Å²) in [6, 6.07) is 8.60. The molecule has 8 amide bonds. The van der Waals surface area contributed by atoms with Gasteiger partial charge in [0.15, 0.2) is 0 Å². The van der Waals surface area contributed by atoms with E-state index in [0.717, 1.165) is 0 Å². The lowest BCUT2D eigenvalue weighted by Crippen LogP contribution is -2.59. The first-order chi connectivity index (χ1) is 33.8. The van der Waals surface area contributed by atoms with Crippen molar-refractivity contribution in [3.8, 4) is 0 Å². The second-order valence-electron chi connectivity index (χ2n) is 20.6. The Kier molecular flexibility index (Phi) is 18.6. The molecule has 0 spiro atoms. The summed E-state index contributed by atoms with van der Waals surface area (Å²) >= 11 is 0. The molecule has 2 heterocycles. The zero-order chi connectivity index (χ0) is 53.2. The van der Waals surface area contributed by atoms with Gasteiger partial charge >= 0.3 is 0 Å². The summed E-state index contributed by atoms with van der Waals surface area (Å²) in [6.07, 6.45) is -0.0432. The van der Waals surface area contributed by atoms with E-state index < -0.39 is 112 Å². The molecule has 5 rings (SSSR count). The Morgan fingerprint density at radius 1 is 0.639 bits per heavy atom. The number of nitrogen functional groups attached to an aromatic ring is 1. The minimum Gasteiger partial charge on any atom is -0.399 e. The Labute approximate surface area is 418 Å². The summed E-state index contributed by atoms with van der Waals surface area (Å²) in [7, 11) is 3.19. The Morgan fingerprint density at radius 2 is 1.04 bits per heavy atom. The van der Waals surface area contributed by atoms with Crippen molar-refractivity contribution in [3.05, 3.63) is 101 Å². The highest BCUT2D eigenvalue weighted by Crippen LogP contribution is 2.29. The Hall–Kier alpha value is -7.00. The lowest BCUT2D eigenvalue weighted by molar-refractivity contribution is -0.144. The van der Waals surface area contributed by atoms with Gasteiger partial charge in [0.2, 0.25) is 35.4 Å². The predicted molar refractivity (Wildman–Crippen MR) is 265 cm³/mol. The number of nitrogens with zero attached hydrogens (tertiary/aromatic N) is 2. The van der Waals surface area contributed by atoms with Crippen LogP contribution in [0.3, 0.4) is 0 Å². The molecule has 0 aliphatic carbocycles. The minimum absolute atomic E-state index is 0.0185. The van der Waals surface area contributed by atoms with Crippen LogP contribution in [0.2, 0.25) is 0 Å². The molecule has 0 bridgehead atoms. The Balaban J connectivity index is 1.35. The molecule has 0 radical (unpaired) electrons. The highest BCUT2D eigenvalue weighted by molar-refractivity contribution is 6.02. The van der Waals surface area contributed by atoms with Gasteiger partial charge in [0.05, 0.1) is 12.6 Å². The van der Waals surface area contributed by atoms with Gasteiger partial charge in [-0.05, 0) is 98.3 Å². The molecule has 2 aliphatic heterocycles. The van der Waals surface area contributed by atoms with E-state index in [2.05, 4.69) is 42.5 Å². The van der Waals surface area contributed by atoms with Crippen LogP contribution in [0.4, 0.5) is 14.5 Å². The summed E-state index contributed by atoms with van der Waals surface area (Å²) in [5, 5.41) is 22.6. The fourth-order valence-corrected chi connectivity index (χ4v) is 8.54. The molecule has 72 heavy (non-hydrogen) atoms.